The van der Waals surface area contributed by atoms with E-state index in [1.54, 1.807) is 0 Å². The van der Waals surface area contributed by atoms with Gasteiger partial charge in [-0.1, -0.05) is 12.1 Å². The largest absolute Gasteiger partial charge is 0.491 e. The molecule has 22 heavy (non-hydrogen) atoms. The molecule has 3 aliphatic heterocycles. The minimum absolute atomic E-state index is 0. The number of nitrogens with zero attached hydrogens (tertiary/aromatic N) is 2. The van der Waals surface area contributed by atoms with Crippen LogP contribution < -0.4 is 4.74 Å². The molecule has 3 aliphatic rings. The predicted molar refractivity (Wildman–Crippen MR) is 85.7 cm³/mol. The summed E-state index contributed by atoms with van der Waals surface area (Å²) >= 11 is 0. The molecule has 2 bridgehead atoms. The third-order valence-electron chi connectivity index (χ3n) is 4.78. The summed E-state index contributed by atoms with van der Waals surface area (Å²) in [6.45, 7) is 3.32. The Morgan fingerprint density at radius 2 is 1.95 bits per heavy atom. The van der Waals surface area contributed by atoms with E-state index < -0.39 is 5.60 Å². The van der Waals surface area contributed by atoms with Crippen molar-refractivity contribution in [2.75, 3.05) is 26.2 Å². The molecule has 0 saturated carbocycles. The first-order valence-electron chi connectivity index (χ1n) is 7.73. The summed E-state index contributed by atoms with van der Waals surface area (Å²) in [5, 5.41) is 19.4. The molecule has 4 nitrogen and oxygen atoms in total. The van der Waals surface area contributed by atoms with E-state index >= 15 is 0 Å². The molecular formula is C17H22BN2O2. The molecule has 0 amide bonds. The van der Waals surface area contributed by atoms with Crippen LogP contribution in [0.4, 0.5) is 0 Å². The van der Waals surface area contributed by atoms with Crippen molar-refractivity contribution >= 4 is 8.41 Å². The molecule has 4 rings (SSSR count). The zero-order valence-electron chi connectivity index (χ0n) is 12.9. The van der Waals surface area contributed by atoms with Crippen LogP contribution in [0, 0.1) is 17.2 Å². The topological polar surface area (TPSA) is 56.5 Å². The number of piperidine rings is 3. The summed E-state index contributed by atoms with van der Waals surface area (Å²) in [5.41, 5.74) is 0.445. The van der Waals surface area contributed by atoms with Crippen LogP contribution in [0.15, 0.2) is 24.3 Å². The summed E-state index contributed by atoms with van der Waals surface area (Å²) in [6.07, 6.45) is 3.47. The van der Waals surface area contributed by atoms with Crippen molar-refractivity contribution < 1.29 is 9.84 Å². The Hall–Kier alpha value is -1.51. The lowest BCUT2D eigenvalue weighted by Crippen LogP contribution is -2.61. The number of aryl methyl sites for hydroxylation is 1. The van der Waals surface area contributed by atoms with Gasteiger partial charge in [-0.25, -0.2) is 0 Å². The molecule has 1 unspecified atom stereocenters. The van der Waals surface area contributed by atoms with Gasteiger partial charge in [0.25, 0.3) is 0 Å². The average Bonchev–Trinajstić information content (AvgIpc) is 2.53. The van der Waals surface area contributed by atoms with E-state index in [2.05, 4.69) is 11.0 Å². The Bertz CT molecular complexity index is 520. The van der Waals surface area contributed by atoms with Gasteiger partial charge in [-0.3, -0.25) is 0 Å². The van der Waals surface area contributed by atoms with E-state index in [4.69, 9.17) is 10.00 Å². The molecular weight excluding hydrogens is 275 g/mol. The van der Waals surface area contributed by atoms with Crippen molar-refractivity contribution in [1.82, 2.24) is 4.90 Å². The molecule has 1 N–H and O–H groups in total. The molecule has 1 aromatic rings. The molecule has 3 radical (unpaired) electrons. The van der Waals surface area contributed by atoms with Crippen molar-refractivity contribution in [3.63, 3.8) is 0 Å². The molecule has 115 valence electrons. The number of rotatable bonds is 5. The van der Waals surface area contributed by atoms with Gasteiger partial charge in [-0.05, 0) is 56.0 Å². The first-order valence-corrected chi connectivity index (χ1v) is 7.73. The first kappa shape index (κ1) is 16.9. The van der Waals surface area contributed by atoms with Crippen LogP contribution in [0.1, 0.15) is 24.8 Å². The van der Waals surface area contributed by atoms with Gasteiger partial charge in [0.1, 0.15) is 18.0 Å². The lowest BCUT2D eigenvalue weighted by atomic mass is 9.76. The number of ether oxygens (including phenoxy) is 1. The summed E-state index contributed by atoms with van der Waals surface area (Å²) in [4.78, 5) is 2.33. The zero-order valence-corrected chi connectivity index (χ0v) is 12.9. The van der Waals surface area contributed by atoms with E-state index in [-0.39, 0.29) is 8.41 Å². The number of nitriles is 1. The van der Waals surface area contributed by atoms with Crippen LogP contribution in [-0.2, 0) is 6.42 Å². The molecule has 0 aliphatic carbocycles. The van der Waals surface area contributed by atoms with E-state index in [1.807, 2.05) is 24.3 Å². The van der Waals surface area contributed by atoms with Crippen molar-refractivity contribution in [3.8, 4) is 11.8 Å². The normalized spacial score (nSPS) is 29.5. The number of fused-ring (bicyclic) bond motifs is 3. The maximum atomic E-state index is 10.8. The Kier molecular flexibility index (Phi) is 5.49. The van der Waals surface area contributed by atoms with Crippen LogP contribution in [0.2, 0.25) is 0 Å². The third-order valence-corrected chi connectivity index (χ3v) is 4.78. The lowest BCUT2D eigenvalue weighted by Gasteiger charge is -2.50. The van der Waals surface area contributed by atoms with Gasteiger partial charge in [0.2, 0.25) is 0 Å². The molecule has 3 heterocycles. The monoisotopic (exact) mass is 297 g/mol. The number of aliphatic hydroxyl groups is 1. The molecule has 0 spiro atoms. The highest BCUT2D eigenvalue weighted by Crippen LogP contribution is 2.36. The van der Waals surface area contributed by atoms with Gasteiger partial charge >= 0.3 is 0 Å². The fourth-order valence-corrected chi connectivity index (χ4v) is 3.47. The molecule has 3 fully saturated rings. The number of hydrogen-bond acceptors (Lipinski definition) is 4. The summed E-state index contributed by atoms with van der Waals surface area (Å²) in [7, 11) is 0. The van der Waals surface area contributed by atoms with Crippen LogP contribution in [0.5, 0.6) is 5.75 Å². The van der Waals surface area contributed by atoms with Crippen LogP contribution in [0.25, 0.3) is 0 Å². The summed E-state index contributed by atoms with van der Waals surface area (Å²) in [6, 6.07) is 9.99. The minimum atomic E-state index is -0.698. The smallest absolute Gasteiger partial charge is 0.119 e. The predicted octanol–water partition coefficient (Wildman–Crippen LogP) is 1.60. The number of hydrogen-bond donors (Lipinski definition) is 1. The third kappa shape index (κ3) is 3.63. The van der Waals surface area contributed by atoms with Gasteiger partial charge in [0, 0.05) is 21.4 Å². The highest BCUT2D eigenvalue weighted by atomic mass is 16.5. The molecule has 5 heteroatoms. The fraction of sp³-hybridized carbons (Fsp3) is 0.588. The second-order valence-corrected chi connectivity index (χ2v) is 6.24. The van der Waals surface area contributed by atoms with Gasteiger partial charge < -0.3 is 14.7 Å². The average molecular weight is 297 g/mol. The molecule has 3 saturated heterocycles. The van der Waals surface area contributed by atoms with E-state index in [0.717, 1.165) is 50.2 Å². The van der Waals surface area contributed by atoms with Gasteiger partial charge in [-0.15, -0.1) is 0 Å². The molecule has 1 atom stereocenters. The molecule has 1 aromatic carbocycles. The van der Waals surface area contributed by atoms with Crippen molar-refractivity contribution in [2.24, 2.45) is 5.92 Å². The maximum absolute atomic E-state index is 10.8. The lowest BCUT2D eigenvalue weighted by molar-refractivity contribution is -0.131. The Labute approximate surface area is 134 Å². The number of benzene rings is 1. The Morgan fingerprint density at radius 1 is 1.27 bits per heavy atom. The zero-order chi connectivity index (χ0) is 14.7. The van der Waals surface area contributed by atoms with Gasteiger partial charge in [0.05, 0.1) is 6.07 Å². The highest BCUT2D eigenvalue weighted by molar-refractivity contribution is 5.75. The van der Waals surface area contributed by atoms with Crippen molar-refractivity contribution in [1.29, 1.82) is 5.26 Å². The second kappa shape index (κ2) is 7.17. The summed E-state index contributed by atoms with van der Waals surface area (Å²) < 4.78 is 5.82. The Balaban J connectivity index is 0.00000176. The summed E-state index contributed by atoms with van der Waals surface area (Å²) in [5.74, 6) is 1.16. The van der Waals surface area contributed by atoms with E-state index in [1.165, 1.54) is 0 Å². The second-order valence-electron chi connectivity index (χ2n) is 6.24. The Morgan fingerprint density at radius 3 is 2.50 bits per heavy atom. The maximum Gasteiger partial charge on any atom is 0.119 e. The van der Waals surface area contributed by atoms with Crippen molar-refractivity contribution in [3.05, 3.63) is 29.8 Å². The van der Waals surface area contributed by atoms with Gasteiger partial charge in [0.15, 0.2) is 0 Å². The van der Waals surface area contributed by atoms with Crippen molar-refractivity contribution in [2.45, 2.75) is 31.3 Å². The SMILES string of the molecule is N#CCCc1ccc(OCC2(O)CN3CCC2CC3)cc1.[B]. The highest BCUT2D eigenvalue weighted by Gasteiger charge is 2.45. The van der Waals surface area contributed by atoms with Crippen LogP contribution in [0.3, 0.4) is 0 Å². The van der Waals surface area contributed by atoms with Gasteiger partial charge in [-0.2, -0.15) is 5.26 Å². The standard InChI is InChI=1S/C17H22N2O2.B/c18-9-1-2-14-3-5-16(6-4-14)21-13-17(20)12-19-10-7-15(17)8-11-19;/h3-6,15,20H,1-2,7-8,10-13H2;. The van der Waals surface area contributed by atoms with E-state index in [9.17, 15) is 5.11 Å². The van der Waals surface area contributed by atoms with E-state index in [0.29, 0.717) is 18.9 Å². The molecule has 0 aromatic heterocycles. The fourth-order valence-electron chi connectivity index (χ4n) is 3.47. The quantitative estimate of drug-likeness (QED) is 0.839. The van der Waals surface area contributed by atoms with Crippen LogP contribution >= 0.6 is 0 Å². The minimum Gasteiger partial charge on any atom is -0.491 e. The van der Waals surface area contributed by atoms with Crippen LogP contribution in [-0.4, -0.2) is 50.3 Å². The first-order chi connectivity index (χ1) is 10.2.